The van der Waals surface area contributed by atoms with E-state index >= 15 is 0 Å². The Morgan fingerprint density at radius 3 is 1.00 bits per heavy atom. The van der Waals surface area contributed by atoms with Crippen molar-refractivity contribution in [3.63, 3.8) is 0 Å². The minimum absolute atomic E-state index is 0. The maximum atomic E-state index is 8.58. The van der Waals surface area contributed by atoms with Gasteiger partial charge in [-0.25, -0.2) is 0 Å². The monoisotopic (exact) mass is 310 g/mol. The molecule has 0 fully saturated rings. The SMILES string of the molecule is F.F.[O]=[U]=[O]. The predicted octanol–water partition coefficient (Wildman–Crippen LogP) is 0.0674. The number of halogens is 2. The Balaban J connectivity index is -0.0000000200. The van der Waals surface area contributed by atoms with Crippen molar-refractivity contribution in [2.45, 2.75) is 0 Å². The molecule has 0 aromatic carbocycles. The summed E-state index contributed by atoms with van der Waals surface area (Å²) in [6.07, 6.45) is 0. The van der Waals surface area contributed by atoms with Crippen molar-refractivity contribution in [2.24, 2.45) is 0 Å². The third kappa shape index (κ3) is 109. The summed E-state index contributed by atoms with van der Waals surface area (Å²) >= 11 is -2.51. The van der Waals surface area contributed by atoms with Crippen LogP contribution in [0.4, 0.5) is 9.41 Å². The Labute approximate surface area is 41.9 Å². The first-order chi connectivity index (χ1) is 1.41. The average Bonchev–Trinajstić information content (AvgIpc) is 0.918. The van der Waals surface area contributed by atoms with Gasteiger partial charge in [-0.05, 0) is 0 Å². The van der Waals surface area contributed by atoms with E-state index in [-0.39, 0.29) is 9.41 Å². The van der Waals surface area contributed by atoms with E-state index in [9.17, 15) is 0 Å². The fourth-order valence-electron chi connectivity index (χ4n) is 0. The van der Waals surface area contributed by atoms with E-state index < -0.39 is 27.8 Å². The zero-order chi connectivity index (χ0) is 2.71. The van der Waals surface area contributed by atoms with Gasteiger partial charge in [-0.15, -0.1) is 0 Å². The molecule has 0 spiro atoms. The number of hydrogen-bond donors (Lipinski definition) is 0. The van der Waals surface area contributed by atoms with Gasteiger partial charge in [0.05, 0.1) is 0 Å². The molecule has 0 aliphatic rings. The summed E-state index contributed by atoms with van der Waals surface area (Å²) in [7, 11) is 0. The molecule has 0 bridgehead atoms. The van der Waals surface area contributed by atoms with E-state index in [0.717, 1.165) is 0 Å². The Kier molecular flexibility index (Phi) is 86.6. The fourth-order valence-corrected chi connectivity index (χ4v) is 0. The zero-order valence-corrected chi connectivity index (χ0v) is 6.30. The van der Waals surface area contributed by atoms with Gasteiger partial charge in [0.2, 0.25) is 0 Å². The van der Waals surface area contributed by atoms with Gasteiger partial charge in [0.1, 0.15) is 0 Å². The molecular weight excluding hydrogens is 308 g/mol. The van der Waals surface area contributed by atoms with Gasteiger partial charge >= 0.3 is 32.3 Å². The van der Waals surface area contributed by atoms with E-state index in [1.165, 1.54) is 0 Å². The van der Waals surface area contributed by atoms with Gasteiger partial charge in [-0.1, -0.05) is 0 Å². The van der Waals surface area contributed by atoms with Gasteiger partial charge in [-0.2, -0.15) is 0 Å². The van der Waals surface area contributed by atoms with Crippen molar-refractivity contribution in [2.75, 3.05) is 0 Å². The summed E-state index contributed by atoms with van der Waals surface area (Å²) in [5.41, 5.74) is 0. The van der Waals surface area contributed by atoms with Crippen LogP contribution >= 0.6 is 0 Å². The summed E-state index contributed by atoms with van der Waals surface area (Å²) in [5.74, 6) is 0. The maximum absolute atomic E-state index is 8.58. The van der Waals surface area contributed by atoms with Crippen molar-refractivity contribution >= 4 is 0 Å². The van der Waals surface area contributed by atoms with Gasteiger partial charge in [0, 0.05) is 0 Å². The van der Waals surface area contributed by atoms with E-state index in [1.807, 2.05) is 0 Å². The fraction of sp³-hybridized carbons (Fsp3) is 0. The molecular formula is H2F2O2U. The number of hydrogen-bond acceptors (Lipinski definition) is 2. The first-order valence-corrected chi connectivity index (χ1v) is 3.81. The van der Waals surface area contributed by atoms with E-state index in [2.05, 4.69) is 0 Å². The molecule has 0 aliphatic heterocycles. The molecule has 0 radical (unpaired) electrons. The second-order valence-electron chi connectivity index (χ2n) is 0.0833. The molecule has 0 atom stereocenters. The van der Waals surface area contributed by atoms with Gasteiger partial charge < -0.3 is 0 Å². The van der Waals surface area contributed by atoms with Crippen molar-refractivity contribution in [1.29, 1.82) is 0 Å². The second-order valence-corrected chi connectivity index (χ2v) is 0.777. The van der Waals surface area contributed by atoms with E-state index in [1.54, 1.807) is 0 Å². The summed E-state index contributed by atoms with van der Waals surface area (Å²) in [5, 5.41) is 0. The van der Waals surface area contributed by atoms with Crippen molar-refractivity contribution in [1.82, 2.24) is 0 Å². The first-order valence-electron chi connectivity index (χ1n) is 0.408. The van der Waals surface area contributed by atoms with E-state index in [0.29, 0.717) is 0 Å². The average molecular weight is 310 g/mol. The molecule has 0 N–H and O–H groups in total. The molecule has 0 aliphatic carbocycles. The van der Waals surface area contributed by atoms with Crippen LogP contribution in [0.1, 0.15) is 0 Å². The molecule has 0 unspecified atom stereocenters. The Hall–Kier alpha value is 0.512. The zero-order valence-electron chi connectivity index (χ0n) is 2.13. The topological polar surface area (TPSA) is 34.1 Å². The van der Waals surface area contributed by atoms with Crippen LogP contribution in [0.2, 0.25) is 0 Å². The molecule has 0 aromatic rings. The van der Waals surface area contributed by atoms with Gasteiger partial charge in [0.15, 0.2) is 0 Å². The molecule has 32 valence electrons. The third-order valence-electron chi connectivity index (χ3n) is 0. The molecule has 5 heavy (non-hydrogen) atoms. The summed E-state index contributed by atoms with van der Waals surface area (Å²) in [6.45, 7) is 0. The quantitative estimate of drug-likeness (QED) is 0.634. The van der Waals surface area contributed by atoms with Crippen LogP contribution in [0, 0.1) is 27.8 Å². The van der Waals surface area contributed by atoms with Gasteiger partial charge in [0.25, 0.3) is 0 Å². The molecule has 0 amide bonds. The van der Waals surface area contributed by atoms with Crippen molar-refractivity contribution in [3.05, 3.63) is 0 Å². The predicted molar refractivity (Wildman–Crippen MR) is 6.38 cm³/mol. The Morgan fingerprint density at radius 2 is 1.00 bits per heavy atom. The molecule has 2 nitrogen and oxygen atoms in total. The standard InChI is InChI=1S/2FH.2O.U/h2*1H;;;. The first kappa shape index (κ1) is 17.8. The molecule has 0 rings (SSSR count). The van der Waals surface area contributed by atoms with Crippen LogP contribution in [-0.4, -0.2) is 0 Å². The second kappa shape index (κ2) is 24.3. The molecule has 0 saturated heterocycles. The molecule has 5 heteroatoms. The van der Waals surface area contributed by atoms with Crippen LogP contribution < -0.4 is 0 Å². The summed E-state index contributed by atoms with van der Waals surface area (Å²) in [6, 6.07) is 0. The normalized spacial score (nSPS) is 1.60. The summed E-state index contributed by atoms with van der Waals surface area (Å²) in [4.78, 5) is 0. The molecule has 0 aromatic heterocycles. The van der Waals surface area contributed by atoms with Crippen molar-refractivity contribution < 1.29 is 41.7 Å². The van der Waals surface area contributed by atoms with Crippen LogP contribution in [-0.2, 0) is 4.47 Å². The number of rotatable bonds is 0. The van der Waals surface area contributed by atoms with Crippen LogP contribution in [0.25, 0.3) is 0 Å². The summed E-state index contributed by atoms with van der Waals surface area (Å²) < 4.78 is 17.2. The molecule has 0 heterocycles. The van der Waals surface area contributed by atoms with Crippen molar-refractivity contribution in [3.8, 4) is 0 Å². The van der Waals surface area contributed by atoms with Crippen LogP contribution in [0.5, 0.6) is 0 Å². The Morgan fingerprint density at radius 1 is 1.00 bits per heavy atom. The third-order valence-corrected chi connectivity index (χ3v) is 0. The minimum atomic E-state index is -2.51. The van der Waals surface area contributed by atoms with Crippen LogP contribution in [0.15, 0.2) is 0 Å². The van der Waals surface area contributed by atoms with Gasteiger partial charge in [-0.3, -0.25) is 9.41 Å². The van der Waals surface area contributed by atoms with E-state index in [4.69, 9.17) is 4.47 Å². The Bertz CT molecular complexity index is 28.6. The van der Waals surface area contributed by atoms with Crippen LogP contribution in [0.3, 0.4) is 0 Å². The molecule has 0 saturated carbocycles.